The molecule has 11 heteroatoms. The van der Waals surface area contributed by atoms with Crippen molar-refractivity contribution in [3.8, 4) is 11.5 Å². The number of hydrogen-bond acceptors (Lipinski definition) is 6. The molecule has 4 amide bonds. The summed E-state index contributed by atoms with van der Waals surface area (Å²) in [5.41, 5.74) is 1.18. The molecule has 6 unspecified atom stereocenters. The number of likely N-dealkylation sites (tertiary alicyclic amines) is 1. The number of ether oxygens (including phenoxy) is 1. The number of carbonyl (C=O) groups excluding carboxylic acids is 4. The number of halogens is 3. The number of aromatic hydroxyl groups is 1. The molecule has 2 aromatic carbocycles. The van der Waals surface area contributed by atoms with Gasteiger partial charge in [0.15, 0.2) is 21.2 Å². The predicted molar refractivity (Wildman–Crippen MR) is 147 cm³/mol. The molecule has 39 heavy (non-hydrogen) atoms. The summed E-state index contributed by atoms with van der Waals surface area (Å²) in [5.74, 6) is -5.42. The van der Waals surface area contributed by atoms with Gasteiger partial charge < -0.3 is 9.84 Å². The zero-order chi connectivity index (χ0) is 27.9. The van der Waals surface area contributed by atoms with E-state index in [0.717, 1.165) is 4.90 Å². The molecular weight excluding hydrogens is 611 g/mol. The molecule has 6 atom stereocenters. The molecule has 3 fully saturated rings. The third-order valence-corrected chi connectivity index (χ3v) is 10.5. The minimum absolute atomic E-state index is 0.123. The van der Waals surface area contributed by atoms with Gasteiger partial charge in [-0.25, -0.2) is 0 Å². The Morgan fingerprint density at radius 2 is 1.72 bits per heavy atom. The minimum atomic E-state index is -2.00. The first-order valence-corrected chi connectivity index (χ1v) is 14.3. The van der Waals surface area contributed by atoms with Gasteiger partial charge in [-0.15, -0.1) is 23.2 Å². The number of anilines is 1. The highest BCUT2D eigenvalue weighted by Gasteiger charge is 2.76. The number of alkyl halides is 3. The van der Waals surface area contributed by atoms with Crippen molar-refractivity contribution < 1.29 is 29.0 Å². The number of methoxy groups -OCH3 is 1. The number of fused-ring (bicyclic) bond motifs is 4. The average molecular weight is 634 g/mol. The summed E-state index contributed by atoms with van der Waals surface area (Å²) in [6.45, 7) is 0. The quantitative estimate of drug-likeness (QED) is 0.233. The first-order chi connectivity index (χ1) is 18.6. The van der Waals surface area contributed by atoms with E-state index < -0.39 is 51.1 Å². The summed E-state index contributed by atoms with van der Waals surface area (Å²) < 4.78 is 5.31. The predicted octanol–water partition coefficient (Wildman–Crippen LogP) is 4.32. The molecule has 2 heterocycles. The van der Waals surface area contributed by atoms with Crippen LogP contribution in [0, 0.1) is 17.8 Å². The van der Waals surface area contributed by atoms with Crippen molar-refractivity contribution >= 4 is 68.4 Å². The van der Waals surface area contributed by atoms with Crippen LogP contribution in [-0.2, 0) is 19.2 Å². The van der Waals surface area contributed by atoms with Crippen molar-refractivity contribution in [3.63, 3.8) is 0 Å². The topological polar surface area (TPSA) is 104 Å². The van der Waals surface area contributed by atoms with Crippen molar-refractivity contribution in [2.75, 3.05) is 17.5 Å². The maximum Gasteiger partial charge on any atom is 0.254 e. The van der Waals surface area contributed by atoms with Crippen LogP contribution < -0.4 is 9.64 Å². The van der Waals surface area contributed by atoms with Crippen LogP contribution >= 0.6 is 39.1 Å². The normalized spacial score (nSPS) is 33.6. The lowest BCUT2D eigenvalue weighted by Gasteiger charge is -2.50. The summed E-state index contributed by atoms with van der Waals surface area (Å²) in [7, 11) is 1.40. The van der Waals surface area contributed by atoms with Crippen molar-refractivity contribution in [1.82, 2.24) is 4.90 Å². The molecule has 2 saturated heterocycles. The highest BCUT2D eigenvalue weighted by molar-refractivity contribution is 9.09. The van der Waals surface area contributed by atoms with Crippen LogP contribution in [0.15, 0.2) is 60.2 Å². The zero-order valence-corrected chi connectivity index (χ0v) is 23.7. The molecule has 0 aromatic heterocycles. The molecule has 202 valence electrons. The van der Waals surface area contributed by atoms with E-state index in [-0.39, 0.29) is 41.3 Å². The molecule has 0 radical (unpaired) electrons. The lowest BCUT2D eigenvalue weighted by molar-refractivity contribution is -0.138. The van der Waals surface area contributed by atoms with Crippen molar-refractivity contribution in [2.24, 2.45) is 17.8 Å². The maximum absolute atomic E-state index is 13.9. The number of carbonyl (C=O) groups is 4. The van der Waals surface area contributed by atoms with Gasteiger partial charge in [-0.05, 0) is 37.0 Å². The lowest BCUT2D eigenvalue weighted by atomic mass is 9.56. The van der Waals surface area contributed by atoms with E-state index in [9.17, 15) is 24.3 Å². The van der Waals surface area contributed by atoms with Gasteiger partial charge in [-0.3, -0.25) is 29.0 Å². The van der Waals surface area contributed by atoms with E-state index >= 15 is 0 Å². The Labute approximate surface area is 242 Å². The van der Waals surface area contributed by atoms with E-state index in [1.807, 2.05) is 6.08 Å². The highest BCUT2D eigenvalue weighted by Crippen LogP contribution is 2.66. The molecule has 2 aliphatic heterocycles. The summed E-state index contributed by atoms with van der Waals surface area (Å²) in [6.07, 6.45) is 1.93. The van der Waals surface area contributed by atoms with Gasteiger partial charge in [0.25, 0.3) is 11.8 Å². The number of hydrogen-bond donors (Lipinski definition) is 1. The summed E-state index contributed by atoms with van der Waals surface area (Å²) >= 11 is 17.6. The van der Waals surface area contributed by atoms with Crippen molar-refractivity contribution in [2.45, 2.75) is 28.5 Å². The first kappa shape index (κ1) is 26.3. The van der Waals surface area contributed by atoms with E-state index in [2.05, 4.69) is 15.9 Å². The molecule has 2 aliphatic carbocycles. The average Bonchev–Trinajstić information content (AvgIpc) is 3.27. The van der Waals surface area contributed by atoms with Crippen LogP contribution in [0.3, 0.4) is 0 Å². The van der Waals surface area contributed by atoms with Gasteiger partial charge >= 0.3 is 0 Å². The van der Waals surface area contributed by atoms with Gasteiger partial charge in [0.2, 0.25) is 11.8 Å². The molecule has 1 saturated carbocycles. The number of imide groups is 2. The fourth-order valence-corrected chi connectivity index (χ4v) is 8.28. The van der Waals surface area contributed by atoms with Gasteiger partial charge in [-0.2, -0.15) is 0 Å². The first-order valence-electron chi connectivity index (χ1n) is 12.4. The fraction of sp³-hybridized carbons (Fsp3) is 0.357. The van der Waals surface area contributed by atoms with Crippen LogP contribution in [0.25, 0.3) is 0 Å². The molecule has 1 N–H and O–H groups in total. The maximum atomic E-state index is 13.9. The molecule has 0 bridgehead atoms. The highest BCUT2D eigenvalue weighted by atomic mass is 79.9. The van der Waals surface area contributed by atoms with Crippen LogP contribution in [0.1, 0.15) is 24.3 Å². The number of para-hydroxylation sites is 2. The second-order valence-corrected chi connectivity index (χ2v) is 12.0. The zero-order valence-electron chi connectivity index (χ0n) is 20.6. The SMILES string of the molecule is COc1cccc(C2C3=CCC4C(=O)N(c5ccccc5)C(=O)C4C3CC3(Cl)C(=O)N(CBr)C(=O)C23Cl)c1O. The number of allylic oxidation sites excluding steroid dienone is 2. The Kier molecular flexibility index (Phi) is 6.13. The van der Waals surface area contributed by atoms with E-state index in [1.54, 1.807) is 48.5 Å². The smallest absolute Gasteiger partial charge is 0.254 e. The lowest BCUT2D eigenvalue weighted by Crippen LogP contribution is -2.60. The van der Waals surface area contributed by atoms with Gasteiger partial charge in [0, 0.05) is 11.5 Å². The van der Waals surface area contributed by atoms with Crippen molar-refractivity contribution in [1.29, 1.82) is 0 Å². The van der Waals surface area contributed by atoms with Crippen LogP contribution in [0.2, 0.25) is 0 Å². The fourth-order valence-electron chi connectivity index (χ4n) is 6.87. The molecule has 0 spiro atoms. The molecule has 8 nitrogen and oxygen atoms in total. The molecular formula is C28H23BrCl2N2O6. The molecule has 4 aliphatic rings. The number of phenolic OH excluding ortho intramolecular Hbond substituents is 1. The van der Waals surface area contributed by atoms with Crippen LogP contribution in [0.5, 0.6) is 11.5 Å². The Morgan fingerprint density at radius 3 is 2.38 bits per heavy atom. The number of phenols is 1. The molecule has 2 aromatic rings. The monoisotopic (exact) mass is 632 g/mol. The Hall–Kier alpha value is -2.88. The summed E-state index contributed by atoms with van der Waals surface area (Å²) in [4.78, 5) is 53.1. The largest absolute Gasteiger partial charge is 0.504 e. The van der Waals surface area contributed by atoms with E-state index in [4.69, 9.17) is 27.9 Å². The van der Waals surface area contributed by atoms with Gasteiger partial charge in [-0.1, -0.05) is 57.9 Å². The number of amides is 4. The third-order valence-electron chi connectivity index (χ3n) is 8.59. The summed E-state index contributed by atoms with van der Waals surface area (Å²) in [6, 6.07) is 13.5. The second-order valence-electron chi connectivity index (χ2n) is 10.2. The Bertz CT molecular complexity index is 1470. The van der Waals surface area contributed by atoms with Gasteiger partial charge in [0.05, 0.1) is 30.1 Å². The number of rotatable bonds is 4. The van der Waals surface area contributed by atoms with E-state index in [1.165, 1.54) is 12.0 Å². The van der Waals surface area contributed by atoms with Crippen LogP contribution in [-0.4, -0.2) is 55.9 Å². The van der Waals surface area contributed by atoms with E-state index in [0.29, 0.717) is 11.3 Å². The van der Waals surface area contributed by atoms with Crippen molar-refractivity contribution in [3.05, 3.63) is 65.7 Å². The van der Waals surface area contributed by atoms with Crippen LogP contribution in [0.4, 0.5) is 5.69 Å². The minimum Gasteiger partial charge on any atom is -0.504 e. The number of nitrogens with zero attached hydrogens (tertiary/aromatic N) is 2. The summed E-state index contributed by atoms with van der Waals surface area (Å²) in [5, 5.41) is 11.2. The Morgan fingerprint density at radius 1 is 1.00 bits per heavy atom. The number of benzene rings is 2. The standard InChI is InChI=1S/C28H23BrCl2N2O6/c1-39-19-9-5-8-17(22(19)34)21-15-10-11-16-20(24(36)33(23(16)35)14-6-3-2-4-7-14)18(15)12-27(30)25(37)32(13-29)26(38)28(21,27)31/h2-10,16,18,20-21,34H,11-13H2,1H3. The second kappa shape index (κ2) is 9.08. The third kappa shape index (κ3) is 3.30. The molecule has 6 rings (SSSR count). The Balaban J connectivity index is 1.55. The van der Waals surface area contributed by atoms with Gasteiger partial charge in [0.1, 0.15) is 0 Å².